The van der Waals surface area contributed by atoms with Crippen LogP contribution in [-0.4, -0.2) is 31.1 Å². The van der Waals surface area contributed by atoms with E-state index in [1.165, 1.54) is 0 Å². The number of hydrogen-bond donors (Lipinski definition) is 1. The zero-order valence-electron chi connectivity index (χ0n) is 16.4. The second-order valence-electron chi connectivity index (χ2n) is 7.40. The molecule has 1 N–H and O–H groups in total. The number of carbonyl (C=O) groups excluding carboxylic acids is 2. The van der Waals surface area contributed by atoms with Gasteiger partial charge in [-0.1, -0.05) is 60.1 Å². The largest absolute Gasteiger partial charge is 0.449 e. The molecule has 3 rings (SSSR count). The van der Waals surface area contributed by atoms with Crippen LogP contribution in [0.4, 0.5) is 4.79 Å². The highest BCUT2D eigenvalue weighted by molar-refractivity contribution is 5.79. The van der Waals surface area contributed by atoms with Gasteiger partial charge in [-0.25, -0.2) is 4.79 Å². The van der Waals surface area contributed by atoms with Gasteiger partial charge in [0.25, 0.3) is 0 Å². The molecule has 29 heavy (non-hydrogen) atoms. The number of rotatable bonds is 9. The van der Waals surface area contributed by atoms with Gasteiger partial charge < -0.3 is 14.8 Å². The molecular formula is C22H24N4O3. The Morgan fingerprint density at radius 1 is 1.17 bits per heavy atom. The maximum Gasteiger partial charge on any atom is 0.407 e. The van der Waals surface area contributed by atoms with Crippen molar-refractivity contribution in [2.45, 2.75) is 37.6 Å². The average Bonchev–Trinajstić information content (AvgIpc) is 3.06. The maximum absolute atomic E-state index is 12.4. The minimum absolute atomic E-state index is 0.0283. The maximum atomic E-state index is 12.4. The molecule has 0 heterocycles. The lowest BCUT2D eigenvalue weighted by molar-refractivity contribution is -0.113. The summed E-state index contributed by atoms with van der Waals surface area (Å²) >= 11 is 0. The van der Waals surface area contributed by atoms with Crippen molar-refractivity contribution < 1.29 is 14.3 Å². The fourth-order valence-electron chi connectivity index (χ4n) is 3.74. The number of azide groups is 1. The number of alkyl carbamates (subject to hydrolysis) is 1. The van der Waals surface area contributed by atoms with Crippen LogP contribution in [-0.2, 0) is 9.53 Å². The molecule has 7 nitrogen and oxygen atoms in total. The van der Waals surface area contributed by atoms with Gasteiger partial charge in [-0.3, -0.25) is 0 Å². The molecule has 0 unspecified atom stereocenters. The molecule has 0 aromatic heterocycles. The molecule has 2 aromatic carbocycles. The number of carbonyl (C=O) groups is 2. The van der Waals surface area contributed by atoms with Crippen molar-refractivity contribution in [3.05, 3.63) is 70.1 Å². The van der Waals surface area contributed by atoms with E-state index >= 15 is 0 Å². The van der Waals surface area contributed by atoms with Gasteiger partial charge in [0.1, 0.15) is 12.9 Å². The lowest BCUT2D eigenvalue weighted by atomic mass is 9.97. The number of aldehydes is 1. The Morgan fingerprint density at radius 3 is 2.38 bits per heavy atom. The molecule has 7 heteroatoms. The Labute approximate surface area is 169 Å². The third-order valence-electron chi connectivity index (χ3n) is 5.26. The van der Waals surface area contributed by atoms with Crippen molar-refractivity contribution in [1.29, 1.82) is 0 Å². The van der Waals surface area contributed by atoms with Gasteiger partial charge in [0, 0.05) is 17.4 Å². The van der Waals surface area contributed by atoms with Crippen molar-refractivity contribution in [3.63, 3.8) is 0 Å². The monoisotopic (exact) mass is 392 g/mol. The molecule has 0 aliphatic heterocycles. The molecule has 0 bridgehead atoms. The van der Waals surface area contributed by atoms with Gasteiger partial charge in [-0.15, -0.1) is 0 Å². The molecule has 150 valence electrons. The van der Waals surface area contributed by atoms with Crippen LogP contribution in [0.25, 0.3) is 21.6 Å². The van der Waals surface area contributed by atoms with Gasteiger partial charge in [0.2, 0.25) is 0 Å². The number of fused-ring (bicyclic) bond motifs is 3. The van der Waals surface area contributed by atoms with Crippen LogP contribution in [0, 0.1) is 0 Å². The summed E-state index contributed by atoms with van der Waals surface area (Å²) in [6.07, 6.45) is 1.86. The second-order valence-corrected chi connectivity index (χ2v) is 7.40. The zero-order valence-corrected chi connectivity index (χ0v) is 16.4. The number of unbranched alkanes of at least 4 members (excludes halogenated alkanes) is 1. The first-order chi connectivity index (χ1) is 14.1. The molecule has 1 aliphatic rings. The second kappa shape index (κ2) is 9.26. The highest BCUT2D eigenvalue weighted by atomic mass is 16.5. The van der Waals surface area contributed by atoms with E-state index in [0.717, 1.165) is 28.5 Å². The highest BCUT2D eigenvalue weighted by Gasteiger charge is 2.30. The van der Waals surface area contributed by atoms with Crippen LogP contribution in [0.15, 0.2) is 53.6 Å². The number of nitrogens with zero attached hydrogens (tertiary/aromatic N) is 3. The van der Waals surface area contributed by atoms with Crippen molar-refractivity contribution in [3.8, 4) is 11.1 Å². The van der Waals surface area contributed by atoms with Crippen LogP contribution in [0.1, 0.15) is 43.2 Å². The van der Waals surface area contributed by atoms with Crippen LogP contribution in [0.2, 0.25) is 0 Å². The topological polar surface area (TPSA) is 104 Å². The number of benzene rings is 2. The van der Waals surface area contributed by atoms with E-state index in [1.54, 1.807) is 6.92 Å². The molecule has 1 amide bonds. The number of ether oxygens (including phenoxy) is 1. The predicted octanol–water partition coefficient (Wildman–Crippen LogP) is 4.96. The Bertz CT molecular complexity index is 894. The Morgan fingerprint density at radius 2 is 1.79 bits per heavy atom. The van der Waals surface area contributed by atoms with E-state index in [2.05, 4.69) is 39.6 Å². The third kappa shape index (κ3) is 4.76. The van der Waals surface area contributed by atoms with Crippen LogP contribution in [0.5, 0.6) is 0 Å². The first-order valence-electron chi connectivity index (χ1n) is 9.68. The van der Waals surface area contributed by atoms with Gasteiger partial charge in [0.05, 0.1) is 5.54 Å². The van der Waals surface area contributed by atoms with Gasteiger partial charge in [-0.2, -0.15) is 0 Å². The quantitative estimate of drug-likeness (QED) is 0.214. The molecule has 0 radical (unpaired) electrons. The van der Waals surface area contributed by atoms with Crippen LogP contribution in [0.3, 0.4) is 0 Å². The van der Waals surface area contributed by atoms with E-state index in [9.17, 15) is 9.59 Å². The fraction of sp³-hybridized carbons (Fsp3) is 0.364. The van der Waals surface area contributed by atoms with E-state index < -0.39 is 11.6 Å². The summed E-state index contributed by atoms with van der Waals surface area (Å²) in [5.41, 5.74) is 11.9. The van der Waals surface area contributed by atoms with Crippen LogP contribution >= 0.6 is 0 Å². The Kier molecular flexibility index (Phi) is 6.52. The molecular weight excluding hydrogens is 368 g/mol. The minimum Gasteiger partial charge on any atom is -0.449 e. The number of amides is 1. The van der Waals surface area contributed by atoms with E-state index in [1.807, 2.05) is 24.3 Å². The van der Waals surface area contributed by atoms with E-state index in [-0.39, 0.29) is 12.5 Å². The lowest BCUT2D eigenvalue weighted by Crippen LogP contribution is -2.47. The summed E-state index contributed by atoms with van der Waals surface area (Å²) in [6, 6.07) is 16.2. The van der Waals surface area contributed by atoms with Crippen molar-refractivity contribution in [1.82, 2.24) is 5.32 Å². The van der Waals surface area contributed by atoms with Gasteiger partial charge in [-0.05, 0) is 47.6 Å². The summed E-state index contributed by atoms with van der Waals surface area (Å²) in [5.74, 6) is -0.0283. The van der Waals surface area contributed by atoms with Crippen molar-refractivity contribution in [2.75, 3.05) is 13.2 Å². The normalized spacial score (nSPS) is 14.1. The molecule has 0 spiro atoms. The average molecular weight is 392 g/mol. The first kappa shape index (κ1) is 20.4. The van der Waals surface area contributed by atoms with E-state index in [0.29, 0.717) is 25.8 Å². The summed E-state index contributed by atoms with van der Waals surface area (Å²) < 4.78 is 5.51. The van der Waals surface area contributed by atoms with Gasteiger partial charge in [0.15, 0.2) is 0 Å². The minimum atomic E-state index is -1.01. The SMILES string of the molecule is C[C@](C=O)(CCCCN=[N+]=[N-])NC(=O)OCC1c2ccccc2-c2ccccc21. The highest BCUT2D eigenvalue weighted by Crippen LogP contribution is 2.44. The van der Waals surface area contributed by atoms with Crippen molar-refractivity contribution >= 4 is 12.4 Å². The zero-order chi connectivity index (χ0) is 20.7. The molecule has 1 aliphatic carbocycles. The smallest absolute Gasteiger partial charge is 0.407 e. The molecule has 1 atom stereocenters. The third-order valence-corrected chi connectivity index (χ3v) is 5.26. The molecule has 2 aromatic rings. The number of hydrogen-bond acceptors (Lipinski definition) is 4. The molecule has 0 saturated heterocycles. The number of nitrogens with one attached hydrogen (secondary N) is 1. The lowest BCUT2D eigenvalue weighted by Gasteiger charge is -2.24. The van der Waals surface area contributed by atoms with E-state index in [4.69, 9.17) is 10.3 Å². The standard InChI is InChI=1S/C22H24N4O3/c1-22(15-27,12-6-7-13-24-26-23)25-21(28)29-14-20-18-10-4-2-8-16(18)17-9-3-5-11-19(17)20/h2-5,8-11,15,20H,6-7,12-14H2,1H3,(H,25,28)/t22-/m1/s1. The summed E-state index contributed by atoms with van der Waals surface area (Å²) in [7, 11) is 0. The predicted molar refractivity (Wildman–Crippen MR) is 111 cm³/mol. The molecule has 0 fully saturated rings. The summed E-state index contributed by atoms with van der Waals surface area (Å²) in [5, 5.41) is 6.14. The Balaban J connectivity index is 1.60. The summed E-state index contributed by atoms with van der Waals surface area (Å²) in [6.45, 7) is 2.23. The summed E-state index contributed by atoms with van der Waals surface area (Å²) in [4.78, 5) is 26.6. The first-order valence-corrected chi connectivity index (χ1v) is 9.68. The van der Waals surface area contributed by atoms with Gasteiger partial charge >= 0.3 is 6.09 Å². The van der Waals surface area contributed by atoms with Crippen molar-refractivity contribution in [2.24, 2.45) is 5.11 Å². The Hall–Kier alpha value is -3.31. The fourth-order valence-corrected chi connectivity index (χ4v) is 3.74. The van der Waals surface area contributed by atoms with Crippen LogP contribution < -0.4 is 5.32 Å². The molecule has 0 saturated carbocycles.